The van der Waals surface area contributed by atoms with Crippen LogP contribution in [0.15, 0.2) is 146 Å². The summed E-state index contributed by atoms with van der Waals surface area (Å²) in [5, 5.41) is 8.36. The Morgan fingerprint density at radius 1 is 0.286 bits per heavy atom. The van der Waals surface area contributed by atoms with Crippen LogP contribution < -0.4 is 32.8 Å². The minimum absolute atomic E-state index is 0.203. The third-order valence-corrected chi connectivity index (χ3v) is 9.94. The second kappa shape index (κ2) is 8.24. The lowest BCUT2D eigenvalue weighted by molar-refractivity contribution is 1.66. The molecule has 0 saturated heterocycles. The first-order valence-corrected chi connectivity index (χ1v) is 14.9. The van der Waals surface area contributed by atoms with Gasteiger partial charge in [-0.25, -0.2) is 0 Å². The predicted octanol–water partition coefficient (Wildman–Crippen LogP) is 5.58. The maximum Gasteiger partial charge on any atom is 0.242 e. The molecule has 8 aromatic carbocycles. The SMILES string of the molecule is c1ccc(B2c3ccccc3-c3ccc4cc5c6c(ccc7cc2c3c4c76)-c2ccccc2B5c2ccccc2)cc1. The molecule has 0 aromatic heterocycles. The first-order chi connectivity index (χ1) is 20.9. The molecule has 8 aromatic rings. The third kappa shape index (κ3) is 2.84. The Labute approximate surface area is 245 Å². The van der Waals surface area contributed by atoms with Crippen LogP contribution in [0.3, 0.4) is 0 Å². The first-order valence-electron chi connectivity index (χ1n) is 14.9. The van der Waals surface area contributed by atoms with Gasteiger partial charge in [0, 0.05) is 0 Å². The van der Waals surface area contributed by atoms with E-state index >= 15 is 0 Å². The van der Waals surface area contributed by atoms with Gasteiger partial charge in [-0.05, 0) is 54.6 Å². The molecule has 2 heteroatoms. The third-order valence-electron chi connectivity index (χ3n) is 9.94. The number of benzene rings is 8. The molecular formula is C40H24B2. The van der Waals surface area contributed by atoms with Gasteiger partial charge >= 0.3 is 0 Å². The molecule has 0 N–H and O–H groups in total. The van der Waals surface area contributed by atoms with Crippen molar-refractivity contribution >= 4 is 78.5 Å². The molecule has 0 radical (unpaired) electrons. The van der Waals surface area contributed by atoms with Gasteiger partial charge in [-0.3, -0.25) is 0 Å². The summed E-state index contributed by atoms with van der Waals surface area (Å²) in [6.45, 7) is 0.405. The first kappa shape index (κ1) is 22.6. The van der Waals surface area contributed by atoms with E-state index in [4.69, 9.17) is 0 Å². The van der Waals surface area contributed by atoms with Crippen LogP contribution in [-0.4, -0.2) is 13.4 Å². The Kier molecular flexibility index (Phi) is 4.43. The van der Waals surface area contributed by atoms with Gasteiger partial charge in [0.1, 0.15) is 0 Å². The minimum atomic E-state index is 0.203. The van der Waals surface area contributed by atoms with Crippen molar-refractivity contribution < 1.29 is 0 Å². The summed E-state index contributed by atoms with van der Waals surface area (Å²) in [5.74, 6) is 0. The summed E-state index contributed by atoms with van der Waals surface area (Å²) in [5.41, 5.74) is 13.8. The Balaban J connectivity index is 1.40. The van der Waals surface area contributed by atoms with Crippen LogP contribution in [0, 0.1) is 0 Å². The number of hydrogen-bond donors (Lipinski definition) is 0. The van der Waals surface area contributed by atoms with Crippen LogP contribution in [0.2, 0.25) is 0 Å². The largest absolute Gasteiger partial charge is 0.242 e. The quantitative estimate of drug-likeness (QED) is 0.204. The fraction of sp³-hybridized carbons (Fsp3) is 0. The van der Waals surface area contributed by atoms with Gasteiger partial charge in [-0.15, -0.1) is 0 Å². The number of hydrogen-bond acceptors (Lipinski definition) is 0. The van der Waals surface area contributed by atoms with Crippen molar-refractivity contribution in [3.05, 3.63) is 146 Å². The molecule has 0 bridgehead atoms. The molecular weight excluding hydrogens is 502 g/mol. The summed E-state index contributed by atoms with van der Waals surface area (Å²) in [4.78, 5) is 0. The van der Waals surface area contributed by atoms with E-state index in [0.29, 0.717) is 0 Å². The van der Waals surface area contributed by atoms with E-state index in [-0.39, 0.29) is 13.4 Å². The lowest BCUT2D eigenvalue weighted by Crippen LogP contribution is -2.55. The van der Waals surface area contributed by atoms with Crippen LogP contribution in [0.5, 0.6) is 0 Å². The average molecular weight is 526 g/mol. The van der Waals surface area contributed by atoms with E-state index in [1.165, 1.54) is 87.3 Å². The topological polar surface area (TPSA) is 0 Å². The summed E-state index contributed by atoms with van der Waals surface area (Å²) >= 11 is 0. The van der Waals surface area contributed by atoms with Crippen molar-refractivity contribution in [2.75, 3.05) is 0 Å². The van der Waals surface area contributed by atoms with Crippen LogP contribution in [-0.2, 0) is 0 Å². The molecule has 2 aliphatic heterocycles. The second-order valence-electron chi connectivity index (χ2n) is 12.0. The van der Waals surface area contributed by atoms with Crippen LogP contribution in [0.25, 0.3) is 54.6 Å². The molecule has 10 rings (SSSR count). The Hall–Kier alpha value is -5.07. The average Bonchev–Trinajstić information content (AvgIpc) is 3.06. The van der Waals surface area contributed by atoms with Crippen molar-refractivity contribution in [1.29, 1.82) is 0 Å². The highest BCUT2D eigenvalue weighted by Gasteiger charge is 2.36. The zero-order valence-electron chi connectivity index (χ0n) is 23.0. The van der Waals surface area contributed by atoms with Gasteiger partial charge < -0.3 is 0 Å². The van der Waals surface area contributed by atoms with Crippen molar-refractivity contribution in [2.45, 2.75) is 0 Å². The molecule has 190 valence electrons. The molecule has 0 unspecified atom stereocenters. The summed E-state index contributed by atoms with van der Waals surface area (Å²) in [7, 11) is 0. The highest BCUT2D eigenvalue weighted by atomic mass is 14.3. The van der Waals surface area contributed by atoms with Crippen LogP contribution >= 0.6 is 0 Å². The van der Waals surface area contributed by atoms with Gasteiger partial charge in [0.25, 0.3) is 0 Å². The van der Waals surface area contributed by atoms with Crippen LogP contribution in [0.4, 0.5) is 0 Å². The maximum atomic E-state index is 2.51. The number of fused-ring (bicyclic) bond motifs is 4. The second-order valence-corrected chi connectivity index (χ2v) is 12.0. The minimum Gasteiger partial charge on any atom is -0.0686 e. The van der Waals surface area contributed by atoms with Crippen LogP contribution in [0.1, 0.15) is 0 Å². The smallest absolute Gasteiger partial charge is 0.0686 e. The summed E-state index contributed by atoms with van der Waals surface area (Å²) < 4.78 is 0. The summed E-state index contributed by atoms with van der Waals surface area (Å²) in [6.07, 6.45) is 0. The van der Waals surface area contributed by atoms with Crippen molar-refractivity contribution in [3.63, 3.8) is 0 Å². The lowest BCUT2D eigenvalue weighted by Gasteiger charge is -2.32. The molecule has 0 amide bonds. The molecule has 0 spiro atoms. The van der Waals surface area contributed by atoms with E-state index in [0.717, 1.165) is 0 Å². The fourth-order valence-electron chi connectivity index (χ4n) is 8.33. The summed E-state index contributed by atoms with van der Waals surface area (Å²) in [6, 6.07) is 54.8. The monoisotopic (exact) mass is 526 g/mol. The highest BCUT2D eigenvalue weighted by Crippen LogP contribution is 2.43. The highest BCUT2D eigenvalue weighted by molar-refractivity contribution is 7.00. The van der Waals surface area contributed by atoms with E-state index < -0.39 is 0 Å². The van der Waals surface area contributed by atoms with E-state index in [1.54, 1.807) is 0 Å². The van der Waals surface area contributed by atoms with Crippen molar-refractivity contribution in [1.82, 2.24) is 0 Å². The number of rotatable bonds is 2. The molecule has 0 saturated carbocycles. The van der Waals surface area contributed by atoms with Gasteiger partial charge in [-0.1, -0.05) is 178 Å². The zero-order valence-corrected chi connectivity index (χ0v) is 23.0. The van der Waals surface area contributed by atoms with Gasteiger partial charge in [0.15, 0.2) is 0 Å². The van der Waals surface area contributed by atoms with Crippen molar-refractivity contribution in [3.8, 4) is 22.3 Å². The molecule has 0 atom stereocenters. The van der Waals surface area contributed by atoms with E-state index in [2.05, 4.69) is 146 Å². The van der Waals surface area contributed by atoms with Gasteiger partial charge in [0.05, 0.1) is 0 Å². The molecule has 0 fully saturated rings. The normalized spacial score (nSPS) is 13.1. The molecule has 0 aliphatic carbocycles. The van der Waals surface area contributed by atoms with E-state index in [9.17, 15) is 0 Å². The standard InChI is InChI=1S/C40H24B2/c1-3-11-27(12-4-1)41-33-17-9-7-15-29(33)31-21-20-26-24-36-40-32(22-19-25-23-35(41)39(31)37(26)38(25)40)30-16-8-10-18-34(30)42(36)28-13-5-2-6-14-28/h1-24H. The maximum absolute atomic E-state index is 2.51. The Morgan fingerprint density at radius 3 is 1.14 bits per heavy atom. The van der Waals surface area contributed by atoms with E-state index in [1.807, 2.05) is 0 Å². The Bertz CT molecular complexity index is 2190. The Morgan fingerprint density at radius 2 is 0.690 bits per heavy atom. The lowest BCUT2D eigenvalue weighted by atomic mass is 9.33. The van der Waals surface area contributed by atoms with Crippen molar-refractivity contribution in [2.24, 2.45) is 0 Å². The molecule has 2 heterocycles. The molecule has 42 heavy (non-hydrogen) atoms. The fourth-order valence-corrected chi connectivity index (χ4v) is 8.33. The zero-order chi connectivity index (χ0) is 27.4. The molecule has 0 nitrogen and oxygen atoms in total. The molecule has 2 aliphatic rings. The predicted molar refractivity (Wildman–Crippen MR) is 183 cm³/mol. The van der Waals surface area contributed by atoms with Gasteiger partial charge in [0.2, 0.25) is 13.4 Å². The van der Waals surface area contributed by atoms with Gasteiger partial charge in [-0.2, -0.15) is 0 Å².